The van der Waals surface area contributed by atoms with Gasteiger partial charge in [0.25, 0.3) is 0 Å². The van der Waals surface area contributed by atoms with E-state index in [0.717, 1.165) is 31.2 Å². The maximum atomic E-state index is 14.0. The van der Waals surface area contributed by atoms with Crippen molar-refractivity contribution in [3.63, 3.8) is 0 Å². The van der Waals surface area contributed by atoms with Crippen LogP contribution in [0.4, 0.5) is 4.79 Å². The molecule has 0 spiro atoms. The number of ether oxygens (including phenoxy) is 1. The Morgan fingerprint density at radius 1 is 1.06 bits per heavy atom. The van der Waals surface area contributed by atoms with Crippen LogP contribution in [-0.4, -0.2) is 51.8 Å². The fourth-order valence-electron chi connectivity index (χ4n) is 4.33. The van der Waals surface area contributed by atoms with Crippen LogP contribution >= 0.6 is 12.6 Å². The van der Waals surface area contributed by atoms with E-state index in [2.05, 4.69) is 23.3 Å². The normalized spacial score (nSPS) is 16.7. The monoisotopic (exact) mass is 505 g/mol. The highest BCUT2D eigenvalue weighted by Crippen LogP contribution is 2.33. The zero-order valence-electron chi connectivity index (χ0n) is 22.1. The van der Waals surface area contributed by atoms with E-state index in [1.165, 1.54) is 6.42 Å². The summed E-state index contributed by atoms with van der Waals surface area (Å²) < 4.78 is 5.37. The van der Waals surface area contributed by atoms with Crippen LogP contribution in [0.1, 0.15) is 91.7 Å². The van der Waals surface area contributed by atoms with Gasteiger partial charge in [0.15, 0.2) is 0 Å². The Balaban J connectivity index is 2.44. The van der Waals surface area contributed by atoms with Crippen LogP contribution in [0.15, 0.2) is 30.3 Å². The van der Waals surface area contributed by atoms with Gasteiger partial charge >= 0.3 is 6.09 Å². The van der Waals surface area contributed by atoms with Gasteiger partial charge in [0, 0.05) is 17.3 Å². The highest BCUT2D eigenvalue weighted by molar-refractivity contribution is 7.80. The van der Waals surface area contributed by atoms with Crippen LogP contribution < -0.4 is 10.6 Å². The van der Waals surface area contributed by atoms with Gasteiger partial charge in [-0.25, -0.2) is 4.79 Å². The molecule has 8 heteroatoms. The van der Waals surface area contributed by atoms with Gasteiger partial charge in [-0.15, -0.1) is 0 Å². The molecule has 0 bridgehead atoms. The zero-order chi connectivity index (χ0) is 26.2. The first kappa shape index (κ1) is 29.0. The second-order valence-corrected chi connectivity index (χ2v) is 11.3. The van der Waals surface area contributed by atoms with Gasteiger partial charge in [0.2, 0.25) is 11.8 Å². The van der Waals surface area contributed by atoms with Crippen molar-refractivity contribution in [3.8, 4) is 0 Å². The van der Waals surface area contributed by atoms with E-state index in [1.807, 2.05) is 51.1 Å². The largest absolute Gasteiger partial charge is 0.444 e. The molecule has 2 rings (SSSR count). The van der Waals surface area contributed by atoms with Gasteiger partial charge in [0.05, 0.1) is 0 Å². The predicted molar refractivity (Wildman–Crippen MR) is 142 cm³/mol. The van der Waals surface area contributed by atoms with Gasteiger partial charge in [-0.1, -0.05) is 56.5 Å². The zero-order valence-corrected chi connectivity index (χ0v) is 23.0. The van der Waals surface area contributed by atoms with E-state index in [-0.39, 0.29) is 23.6 Å². The van der Waals surface area contributed by atoms with Crippen molar-refractivity contribution in [2.24, 2.45) is 0 Å². The molecule has 2 N–H and O–H groups in total. The molecule has 0 aromatic heterocycles. The molecule has 1 saturated carbocycles. The average Bonchev–Trinajstić information content (AvgIpc) is 2.80. The second-order valence-electron chi connectivity index (χ2n) is 10.9. The number of rotatable bonds is 9. The Bertz CT molecular complexity index is 848. The van der Waals surface area contributed by atoms with Crippen molar-refractivity contribution >= 4 is 30.5 Å². The van der Waals surface area contributed by atoms with Crippen molar-refractivity contribution in [1.82, 2.24) is 15.5 Å². The van der Waals surface area contributed by atoms with Crippen molar-refractivity contribution < 1.29 is 19.1 Å². The van der Waals surface area contributed by atoms with Gasteiger partial charge < -0.3 is 20.3 Å². The Labute approximate surface area is 216 Å². The number of thiol groups is 1. The molecule has 1 aliphatic carbocycles. The van der Waals surface area contributed by atoms with Crippen molar-refractivity contribution in [2.75, 3.05) is 5.75 Å². The minimum atomic E-state index is -0.951. The summed E-state index contributed by atoms with van der Waals surface area (Å²) >= 11 is 4.36. The molecule has 35 heavy (non-hydrogen) atoms. The lowest BCUT2D eigenvalue weighted by atomic mass is 9.91. The Kier molecular flexibility index (Phi) is 10.5. The highest BCUT2D eigenvalue weighted by Gasteiger charge is 2.43. The second kappa shape index (κ2) is 12.7. The summed E-state index contributed by atoms with van der Waals surface area (Å²) in [5.41, 5.74) is -0.646. The number of alkyl carbamates (subject to hydrolysis) is 1. The number of hydrogen-bond donors (Lipinski definition) is 3. The number of amides is 3. The van der Waals surface area contributed by atoms with Crippen LogP contribution in [-0.2, 0) is 14.3 Å². The molecule has 3 amide bonds. The van der Waals surface area contributed by atoms with Crippen LogP contribution in [0.2, 0.25) is 0 Å². The summed E-state index contributed by atoms with van der Waals surface area (Å²) in [6, 6.07) is 7.67. The topological polar surface area (TPSA) is 87.7 Å². The minimum absolute atomic E-state index is 0.0696. The fourth-order valence-corrected chi connectivity index (χ4v) is 4.58. The molecular weight excluding hydrogens is 462 g/mol. The molecule has 1 aromatic rings. The van der Waals surface area contributed by atoms with Gasteiger partial charge in [0.1, 0.15) is 17.7 Å². The predicted octanol–water partition coefficient (Wildman–Crippen LogP) is 5.02. The summed E-state index contributed by atoms with van der Waals surface area (Å²) in [4.78, 5) is 41.9. The van der Waals surface area contributed by atoms with Gasteiger partial charge in [-0.2, -0.15) is 12.6 Å². The molecule has 1 aliphatic rings. The first-order valence-corrected chi connectivity index (χ1v) is 13.3. The Morgan fingerprint density at radius 3 is 2.17 bits per heavy atom. The highest BCUT2D eigenvalue weighted by atomic mass is 32.1. The number of carbonyl (C=O) groups excluding carboxylic acids is 3. The molecule has 0 radical (unpaired) electrons. The summed E-state index contributed by atoms with van der Waals surface area (Å²) in [5.74, 6) is -0.501. The summed E-state index contributed by atoms with van der Waals surface area (Å²) in [6.45, 7) is 11.2. The SMILES string of the molecule is CCC(C)(C)N(C(=O)C(CS)NC(=O)OC(C)(C)C)C(C(=O)NC1CCCCC1)c1ccccc1. The first-order valence-electron chi connectivity index (χ1n) is 12.7. The van der Waals surface area contributed by atoms with E-state index >= 15 is 0 Å². The van der Waals surface area contributed by atoms with Crippen molar-refractivity contribution in [2.45, 2.75) is 109 Å². The average molecular weight is 506 g/mol. The maximum Gasteiger partial charge on any atom is 0.408 e. The smallest absolute Gasteiger partial charge is 0.408 e. The quantitative estimate of drug-likeness (QED) is 0.412. The third-order valence-corrected chi connectivity index (χ3v) is 6.87. The number of nitrogens with zero attached hydrogens (tertiary/aromatic N) is 1. The van der Waals surface area contributed by atoms with Crippen LogP contribution in [0.25, 0.3) is 0 Å². The summed E-state index contributed by atoms with van der Waals surface area (Å²) in [6.07, 6.45) is 5.17. The molecule has 1 aromatic carbocycles. The van der Waals surface area contributed by atoms with E-state index in [1.54, 1.807) is 25.7 Å². The molecular formula is C27H43N3O4S. The molecule has 0 saturated heterocycles. The lowest BCUT2D eigenvalue weighted by molar-refractivity contribution is -0.149. The van der Waals surface area contributed by atoms with E-state index in [4.69, 9.17) is 4.74 Å². The molecule has 1 fully saturated rings. The van der Waals surface area contributed by atoms with Crippen molar-refractivity contribution in [1.29, 1.82) is 0 Å². The lowest BCUT2D eigenvalue weighted by Gasteiger charge is -2.45. The Morgan fingerprint density at radius 2 is 1.66 bits per heavy atom. The molecule has 2 unspecified atom stereocenters. The van der Waals surface area contributed by atoms with E-state index < -0.39 is 29.3 Å². The third-order valence-electron chi connectivity index (χ3n) is 6.50. The standard InChI is InChI=1S/C27H43N3O4S/c1-7-27(5,6)30(24(32)21(18-35)29-25(33)34-26(2,3)4)22(19-14-10-8-11-15-19)23(31)28-20-16-12-9-13-17-20/h8,10-11,14-15,20-22,35H,7,9,12-13,16-18H2,1-6H3,(H,28,31)(H,29,33). The summed E-state index contributed by atoms with van der Waals surface area (Å²) in [5, 5.41) is 5.88. The van der Waals surface area contributed by atoms with Gasteiger partial charge in [-0.05, 0) is 59.4 Å². The summed E-state index contributed by atoms with van der Waals surface area (Å²) in [7, 11) is 0. The number of hydrogen-bond acceptors (Lipinski definition) is 5. The lowest BCUT2D eigenvalue weighted by Crippen LogP contribution is -2.60. The minimum Gasteiger partial charge on any atom is -0.444 e. The number of carbonyl (C=O) groups is 3. The molecule has 2 atom stereocenters. The number of benzene rings is 1. The van der Waals surface area contributed by atoms with Crippen molar-refractivity contribution in [3.05, 3.63) is 35.9 Å². The van der Waals surface area contributed by atoms with Gasteiger partial charge in [-0.3, -0.25) is 9.59 Å². The van der Waals surface area contributed by atoms with E-state index in [9.17, 15) is 14.4 Å². The first-order chi connectivity index (χ1) is 16.4. The number of nitrogens with one attached hydrogen (secondary N) is 2. The van der Waals surface area contributed by atoms with E-state index in [0.29, 0.717) is 6.42 Å². The molecule has 0 heterocycles. The van der Waals surface area contributed by atoms with Crippen LogP contribution in [0, 0.1) is 0 Å². The Hall–Kier alpha value is -2.22. The molecule has 196 valence electrons. The third kappa shape index (κ3) is 8.44. The molecule has 0 aliphatic heterocycles. The van der Waals surface area contributed by atoms with Crippen LogP contribution in [0.5, 0.6) is 0 Å². The molecule has 7 nitrogen and oxygen atoms in total. The maximum absolute atomic E-state index is 14.0. The fraction of sp³-hybridized carbons (Fsp3) is 0.667. The van der Waals surface area contributed by atoms with Crippen LogP contribution in [0.3, 0.4) is 0 Å².